The molecule has 0 bridgehead atoms. The highest BCUT2D eigenvalue weighted by Crippen LogP contribution is 2.46. The lowest BCUT2D eigenvalue weighted by atomic mass is 10.0. The molecule has 3 N–H and O–H groups in total. The van der Waals surface area contributed by atoms with E-state index >= 15 is 0 Å². The van der Waals surface area contributed by atoms with Crippen LogP contribution in [-0.2, 0) is 19.2 Å². The smallest absolute Gasteiger partial charge is 0.319 e. The van der Waals surface area contributed by atoms with Crippen LogP contribution in [0.15, 0.2) is 0 Å². The first-order chi connectivity index (χ1) is 7.95. The molecule has 2 aliphatic rings. The van der Waals surface area contributed by atoms with Crippen LogP contribution in [0.4, 0.5) is 0 Å². The number of carbonyl (C=O) groups is 4. The Morgan fingerprint density at radius 2 is 2.00 bits per heavy atom. The van der Waals surface area contributed by atoms with Crippen LogP contribution in [0.3, 0.4) is 0 Å². The first kappa shape index (κ1) is 11.6. The number of amides is 3. The zero-order chi connectivity index (χ0) is 12.6. The average molecular weight is 240 g/mol. The molecular formula is C10H12N2O5. The molecule has 0 aromatic carbocycles. The van der Waals surface area contributed by atoms with Gasteiger partial charge in [-0.15, -0.1) is 0 Å². The van der Waals surface area contributed by atoms with Crippen molar-refractivity contribution in [3.8, 4) is 0 Å². The van der Waals surface area contributed by atoms with Crippen molar-refractivity contribution >= 4 is 23.7 Å². The molecule has 2 fully saturated rings. The van der Waals surface area contributed by atoms with E-state index in [1.54, 1.807) is 0 Å². The minimum atomic E-state index is -1.36. The van der Waals surface area contributed by atoms with E-state index in [9.17, 15) is 19.2 Å². The summed E-state index contributed by atoms with van der Waals surface area (Å²) in [6.07, 6.45) is 0.950. The highest BCUT2D eigenvalue weighted by molar-refractivity contribution is 6.07. The molecule has 0 aromatic heterocycles. The summed E-state index contributed by atoms with van der Waals surface area (Å²) in [6.45, 7) is 0. The molecule has 7 heteroatoms. The van der Waals surface area contributed by atoms with Crippen LogP contribution in [0.5, 0.6) is 0 Å². The summed E-state index contributed by atoms with van der Waals surface area (Å²) in [5, 5.41) is 13.4. The predicted octanol–water partition coefficient (Wildman–Crippen LogP) is -1.23. The van der Waals surface area contributed by atoms with Gasteiger partial charge in [0.25, 0.3) is 0 Å². The summed E-state index contributed by atoms with van der Waals surface area (Å²) in [5.74, 6) is -2.75. The van der Waals surface area contributed by atoms with Gasteiger partial charge in [-0.3, -0.25) is 24.5 Å². The van der Waals surface area contributed by atoms with Gasteiger partial charge in [0.1, 0.15) is 11.5 Å². The fraction of sp³-hybridized carbons (Fsp3) is 0.600. The van der Waals surface area contributed by atoms with E-state index in [-0.39, 0.29) is 18.7 Å². The maximum Gasteiger partial charge on any atom is 0.319 e. The second kappa shape index (κ2) is 3.83. The third kappa shape index (κ3) is 2.00. The van der Waals surface area contributed by atoms with Crippen LogP contribution in [0.1, 0.15) is 25.7 Å². The second-order valence-electron chi connectivity index (χ2n) is 4.36. The molecule has 1 aliphatic heterocycles. The highest BCUT2D eigenvalue weighted by Gasteiger charge is 2.57. The van der Waals surface area contributed by atoms with Gasteiger partial charge in [-0.1, -0.05) is 0 Å². The van der Waals surface area contributed by atoms with Crippen molar-refractivity contribution in [2.75, 3.05) is 0 Å². The number of hydrogen-bond acceptors (Lipinski definition) is 4. The molecule has 1 aliphatic carbocycles. The topological polar surface area (TPSA) is 113 Å². The first-order valence-electron chi connectivity index (χ1n) is 5.34. The van der Waals surface area contributed by atoms with Gasteiger partial charge in [-0.05, 0) is 19.3 Å². The van der Waals surface area contributed by atoms with Gasteiger partial charge < -0.3 is 10.4 Å². The SMILES string of the molecule is O=C1CCC(NC(=O)C2(C(=O)O)CC2)C(=O)N1. The lowest BCUT2D eigenvalue weighted by Gasteiger charge is -2.23. The van der Waals surface area contributed by atoms with Crippen molar-refractivity contribution in [2.24, 2.45) is 5.41 Å². The number of aliphatic carboxylic acids is 1. The van der Waals surface area contributed by atoms with E-state index in [0.717, 1.165) is 0 Å². The fourth-order valence-electron chi connectivity index (χ4n) is 1.79. The second-order valence-corrected chi connectivity index (χ2v) is 4.36. The van der Waals surface area contributed by atoms with E-state index in [1.165, 1.54) is 0 Å². The Morgan fingerprint density at radius 1 is 1.35 bits per heavy atom. The van der Waals surface area contributed by atoms with Gasteiger partial charge in [0.15, 0.2) is 0 Å². The molecule has 1 saturated heterocycles. The maximum absolute atomic E-state index is 11.7. The van der Waals surface area contributed by atoms with E-state index < -0.39 is 29.2 Å². The summed E-state index contributed by atoms with van der Waals surface area (Å²) in [7, 11) is 0. The van der Waals surface area contributed by atoms with Crippen molar-refractivity contribution < 1.29 is 24.3 Å². The largest absolute Gasteiger partial charge is 0.480 e. The van der Waals surface area contributed by atoms with Crippen LogP contribution in [0, 0.1) is 5.41 Å². The quantitative estimate of drug-likeness (QED) is 0.422. The number of nitrogens with one attached hydrogen (secondary N) is 2. The van der Waals surface area contributed by atoms with Crippen molar-refractivity contribution in [3.05, 3.63) is 0 Å². The maximum atomic E-state index is 11.7. The van der Waals surface area contributed by atoms with E-state index in [1.807, 2.05) is 0 Å². The highest BCUT2D eigenvalue weighted by atomic mass is 16.4. The normalized spacial score (nSPS) is 26.0. The molecule has 1 atom stereocenters. The van der Waals surface area contributed by atoms with Crippen LogP contribution in [0.25, 0.3) is 0 Å². The van der Waals surface area contributed by atoms with Crippen LogP contribution in [-0.4, -0.2) is 34.8 Å². The molecule has 0 spiro atoms. The van der Waals surface area contributed by atoms with Gasteiger partial charge in [0.2, 0.25) is 17.7 Å². The van der Waals surface area contributed by atoms with Gasteiger partial charge in [0.05, 0.1) is 0 Å². The zero-order valence-electron chi connectivity index (χ0n) is 8.99. The van der Waals surface area contributed by atoms with Crippen molar-refractivity contribution in [1.29, 1.82) is 0 Å². The lowest BCUT2D eigenvalue weighted by molar-refractivity contribution is -0.150. The third-order valence-electron chi connectivity index (χ3n) is 3.14. The fourth-order valence-corrected chi connectivity index (χ4v) is 1.79. The minimum absolute atomic E-state index is 0.150. The zero-order valence-corrected chi connectivity index (χ0v) is 8.99. The molecule has 17 heavy (non-hydrogen) atoms. The Morgan fingerprint density at radius 3 is 2.47 bits per heavy atom. The number of carboxylic acids is 1. The number of carbonyl (C=O) groups excluding carboxylic acids is 3. The average Bonchev–Trinajstić information content (AvgIpc) is 3.02. The molecule has 1 unspecified atom stereocenters. The summed E-state index contributed by atoms with van der Waals surface area (Å²) < 4.78 is 0. The predicted molar refractivity (Wildman–Crippen MR) is 53.6 cm³/mol. The Hall–Kier alpha value is -1.92. The standard InChI is InChI=1S/C10H12N2O5/c13-6-2-1-5(7(14)12-6)11-8(15)10(3-4-10)9(16)17/h5H,1-4H2,(H,11,15)(H,16,17)(H,12,13,14). The van der Waals surface area contributed by atoms with Crippen LogP contribution in [0.2, 0.25) is 0 Å². The van der Waals surface area contributed by atoms with Gasteiger partial charge in [-0.25, -0.2) is 0 Å². The summed E-state index contributed by atoms with van der Waals surface area (Å²) in [6, 6.07) is -0.808. The molecule has 1 saturated carbocycles. The Labute approximate surface area is 96.6 Å². The molecule has 92 valence electrons. The van der Waals surface area contributed by atoms with Crippen molar-refractivity contribution in [1.82, 2.24) is 10.6 Å². The number of carboxylic acid groups (broad SMARTS) is 1. The summed E-state index contributed by atoms with van der Waals surface area (Å²) in [5.41, 5.74) is -1.36. The van der Waals surface area contributed by atoms with E-state index in [2.05, 4.69) is 10.6 Å². The number of imide groups is 1. The monoisotopic (exact) mass is 240 g/mol. The number of piperidine rings is 1. The van der Waals surface area contributed by atoms with Crippen molar-refractivity contribution in [3.63, 3.8) is 0 Å². The summed E-state index contributed by atoms with van der Waals surface area (Å²) in [4.78, 5) is 44.8. The summed E-state index contributed by atoms with van der Waals surface area (Å²) >= 11 is 0. The molecule has 7 nitrogen and oxygen atoms in total. The Bertz CT molecular complexity index is 413. The Balaban J connectivity index is 1.98. The minimum Gasteiger partial charge on any atom is -0.480 e. The first-order valence-corrected chi connectivity index (χ1v) is 5.34. The molecule has 2 rings (SSSR count). The lowest BCUT2D eigenvalue weighted by Crippen LogP contribution is -2.54. The van der Waals surface area contributed by atoms with Crippen LogP contribution >= 0.6 is 0 Å². The third-order valence-corrected chi connectivity index (χ3v) is 3.14. The van der Waals surface area contributed by atoms with Gasteiger partial charge in [-0.2, -0.15) is 0 Å². The van der Waals surface area contributed by atoms with Gasteiger partial charge >= 0.3 is 5.97 Å². The number of rotatable bonds is 3. The van der Waals surface area contributed by atoms with E-state index in [4.69, 9.17) is 5.11 Å². The molecule has 1 heterocycles. The molecule has 3 amide bonds. The van der Waals surface area contributed by atoms with Crippen molar-refractivity contribution in [2.45, 2.75) is 31.7 Å². The molecular weight excluding hydrogens is 228 g/mol. The van der Waals surface area contributed by atoms with E-state index in [0.29, 0.717) is 12.8 Å². The molecule has 0 aromatic rings. The molecule has 0 radical (unpaired) electrons. The van der Waals surface area contributed by atoms with Crippen LogP contribution < -0.4 is 10.6 Å². The van der Waals surface area contributed by atoms with Gasteiger partial charge in [0, 0.05) is 6.42 Å². The Kier molecular flexibility index (Phi) is 2.60. The number of hydrogen-bond donors (Lipinski definition) is 3.